The van der Waals surface area contributed by atoms with E-state index in [4.69, 9.17) is 5.26 Å². The van der Waals surface area contributed by atoms with E-state index in [9.17, 15) is 4.79 Å². The van der Waals surface area contributed by atoms with Gasteiger partial charge in [-0.05, 0) is 18.3 Å². The summed E-state index contributed by atoms with van der Waals surface area (Å²) in [6, 6.07) is 2.01. The Bertz CT molecular complexity index is 285. The first-order valence-corrected chi connectivity index (χ1v) is 5.58. The van der Waals surface area contributed by atoms with Crippen molar-refractivity contribution in [2.75, 3.05) is 6.54 Å². The number of hydrogen-bond donors (Lipinski definition) is 0. The third kappa shape index (κ3) is 2.50. The Kier molecular flexibility index (Phi) is 3.38. The fourth-order valence-corrected chi connectivity index (χ4v) is 1.78. The molecule has 1 rings (SSSR count). The first-order valence-electron chi connectivity index (χ1n) is 5.58. The Morgan fingerprint density at radius 2 is 2.13 bits per heavy atom. The van der Waals surface area contributed by atoms with Crippen LogP contribution < -0.4 is 0 Å². The minimum atomic E-state index is -0.192. The van der Waals surface area contributed by atoms with Crippen molar-refractivity contribution in [3.63, 3.8) is 0 Å². The Hall–Kier alpha value is -1.04. The van der Waals surface area contributed by atoms with Gasteiger partial charge in [0, 0.05) is 12.5 Å². The predicted molar refractivity (Wildman–Crippen MR) is 59.0 cm³/mol. The zero-order chi connectivity index (χ0) is 11.6. The SMILES string of the molecule is C[C@H](C(=O)N1CCC[C@H]1C#N)C(C)(C)C. The molecule has 1 saturated heterocycles. The summed E-state index contributed by atoms with van der Waals surface area (Å²) in [5.41, 5.74) is -0.0281. The molecule has 0 aromatic rings. The van der Waals surface area contributed by atoms with Gasteiger partial charge in [0.25, 0.3) is 0 Å². The lowest BCUT2D eigenvalue weighted by Crippen LogP contribution is -2.42. The van der Waals surface area contributed by atoms with Gasteiger partial charge in [-0.15, -0.1) is 0 Å². The van der Waals surface area contributed by atoms with E-state index < -0.39 is 0 Å². The predicted octanol–water partition coefficient (Wildman–Crippen LogP) is 2.18. The summed E-state index contributed by atoms with van der Waals surface area (Å²) in [6.07, 6.45) is 1.79. The third-order valence-electron chi connectivity index (χ3n) is 3.35. The lowest BCUT2D eigenvalue weighted by Gasteiger charge is -2.31. The van der Waals surface area contributed by atoms with E-state index in [1.807, 2.05) is 6.92 Å². The molecule has 0 spiro atoms. The molecule has 0 radical (unpaired) electrons. The van der Waals surface area contributed by atoms with Gasteiger partial charge in [0.1, 0.15) is 6.04 Å². The highest BCUT2D eigenvalue weighted by molar-refractivity contribution is 5.80. The molecule has 0 unspecified atom stereocenters. The molecule has 2 atom stereocenters. The number of carbonyl (C=O) groups is 1. The molecule has 1 fully saturated rings. The van der Waals surface area contributed by atoms with Crippen LogP contribution in [0, 0.1) is 22.7 Å². The van der Waals surface area contributed by atoms with Crippen LogP contribution in [-0.4, -0.2) is 23.4 Å². The minimum Gasteiger partial charge on any atom is -0.326 e. The standard InChI is InChI=1S/C12H20N2O/c1-9(12(2,3)4)11(15)14-7-5-6-10(14)8-13/h9-10H,5-7H2,1-4H3/t9-,10+/m1/s1. The smallest absolute Gasteiger partial charge is 0.227 e. The number of rotatable bonds is 1. The van der Waals surface area contributed by atoms with Gasteiger partial charge >= 0.3 is 0 Å². The third-order valence-corrected chi connectivity index (χ3v) is 3.35. The highest BCUT2D eigenvalue weighted by Crippen LogP contribution is 2.29. The van der Waals surface area contributed by atoms with Crippen LogP contribution in [0.1, 0.15) is 40.5 Å². The molecular formula is C12H20N2O. The lowest BCUT2D eigenvalue weighted by atomic mass is 9.81. The number of carbonyl (C=O) groups excluding carboxylic acids is 1. The number of amides is 1. The first kappa shape index (κ1) is 12.0. The van der Waals surface area contributed by atoms with Crippen molar-refractivity contribution in [2.45, 2.75) is 46.6 Å². The average Bonchev–Trinajstić information content (AvgIpc) is 2.61. The molecule has 3 heteroatoms. The second-order valence-electron chi connectivity index (χ2n) is 5.41. The second kappa shape index (κ2) is 4.22. The van der Waals surface area contributed by atoms with Crippen molar-refractivity contribution in [1.82, 2.24) is 4.90 Å². The molecule has 0 aromatic carbocycles. The molecule has 1 amide bonds. The molecule has 0 saturated carbocycles. The summed E-state index contributed by atoms with van der Waals surface area (Å²) in [7, 11) is 0. The average molecular weight is 208 g/mol. The van der Waals surface area contributed by atoms with E-state index in [-0.39, 0.29) is 23.3 Å². The summed E-state index contributed by atoms with van der Waals surface area (Å²) in [5, 5.41) is 8.93. The lowest BCUT2D eigenvalue weighted by molar-refractivity contribution is -0.138. The molecule has 0 aromatic heterocycles. The second-order valence-corrected chi connectivity index (χ2v) is 5.41. The van der Waals surface area contributed by atoms with Crippen LogP contribution in [0.2, 0.25) is 0 Å². The van der Waals surface area contributed by atoms with Crippen LogP contribution >= 0.6 is 0 Å². The van der Waals surface area contributed by atoms with Gasteiger partial charge in [-0.1, -0.05) is 27.7 Å². The molecule has 15 heavy (non-hydrogen) atoms. The summed E-state index contributed by atoms with van der Waals surface area (Å²) in [6.45, 7) is 8.89. The maximum absolute atomic E-state index is 12.1. The summed E-state index contributed by atoms with van der Waals surface area (Å²) >= 11 is 0. The van der Waals surface area contributed by atoms with Gasteiger partial charge in [-0.2, -0.15) is 5.26 Å². The fraction of sp³-hybridized carbons (Fsp3) is 0.833. The normalized spacial score (nSPS) is 23.7. The van der Waals surface area contributed by atoms with Crippen molar-refractivity contribution in [3.05, 3.63) is 0 Å². The minimum absolute atomic E-state index is 0.0218. The molecule has 0 aliphatic carbocycles. The molecule has 1 heterocycles. The molecule has 0 N–H and O–H groups in total. The topological polar surface area (TPSA) is 44.1 Å². The van der Waals surface area contributed by atoms with Crippen LogP contribution in [0.25, 0.3) is 0 Å². The molecule has 1 aliphatic rings. The summed E-state index contributed by atoms with van der Waals surface area (Å²) < 4.78 is 0. The largest absolute Gasteiger partial charge is 0.326 e. The molecule has 0 bridgehead atoms. The quantitative estimate of drug-likeness (QED) is 0.663. The van der Waals surface area contributed by atoms with E-state index >= 15 is 0 Å². The van der Waals surface area contributed by atoms with Gasteiger partial charge in [0.2, 0.25) is 5.91 Å². The molecule has 1 aliphatic heterocycles. The highest BCUT2D eigenvalue weighted by atomic mass is 16.2. The van der Waals surface area contributed by atoms with E-state index in [0.29, 0.717) is 0 Å². The number of likely N-dealkylation sites (tertiary alicyclic amines) is 1. The van der Waals surface area contributed by atoms with Gasteiger partial charge in [0.15, 0.2) is 0 Å². The molecule has 84 valence electrons. The van der Waals surface area contributed by atoms with E-state index in [1.165, 1.54) is 0 Å². The Labute approximate surface area is 92.1 Å². The zero-order valence-corrected chi connectivity index (χ0v) is 10.1. The summed E-state index contributed by atoms with van der Waals surface area (Å²) in [5.74, 6) is 0.109. The fourth-order valence-electron chi connectivity index (χ4n) is 1.78. The molecule has 3 nitrogen and oxygen atoms in total. The maximum Gasteiger partial charge on any atom is 0.227 e. The zero-order valence-electron chi connectivity index (χ0n) is 10.1. The number of nitriles is 1. The van der Waals surface area contributed by atoms with E-state index in [1.54, 1.807) is 4.90 Å². The number of nitrogens with zero attached hydrogens (tertiary/aromatic N) is 2. The van der Waals surface area contributed by atoms with E-state index in [0.717, 1.165) is 19.4 Å². The van der Waals surface area contributed by atoms with Gasteiger partial charge in [-0.3, -0.25) is 4.79 Å². The van der Waals surface area contributed by atoms with Crippen LogP contribution in [0.15, 0.2) is 0 Å². The number of hydrogen-bond acceptors (Lipinski definition) is 2. The van der Waals surface area contributed by atoms with Crippen molar-refractivity contribution in [2.24, 2.45) is 11.3 Å². The van der Waals surface area contributed by atoms with Crippen molar-refractivity contribution in [3.8, 4) is 6.07 Å². The Balaban J connectivity index is 2.73. The maximum atomic E-state index is 12.1. The highest BCUT2D eigenvalue weighted by Gasteiger charge is 2.35. The van der Waals surface area contributed by atoms with Crippen LogP contribution in [0.5, 0.6) is 0 Å². The van der Waals surface area contributed by atoms with Crippen LogP contribution in [-0.2, 0) is 4.79 Å². The summed E-state index contributed by atoms with van der Waals surface area (Å²) in [4.78, 5) is 13.9. The van der Waals surface area contributed by atoms with E-state index in [2.05, 4.69) is 26.8 Å². The van der Waals surface area contributed by atoms with Gasteiger partial charge < -0.3 is 4.90 Å². The Morgan fingerprint density at radius 3 is 2.60 bits per heavy atom. The van der Waals surface area contributed by atoms with Crippen molar-refractivity contribution in [1.29, 1.82) is 5.26 Å². The van der Waals surface area contributed by atoms with Gasteiger partial charge in [-0.25, -0.2) is 0 Å². The van der Waals surface area contributed by atoms with Crippen molar-refractivity contribution >= 4 is 5.91 Å². The van der Waals surface area contributed by atoms with Crippen LogP contribution in [0.3, 0.4) is 0 Å². The van der Waals surface area contributed by atoms with Crippen molar-refractivity contribution < 1.29 is 4.79 Å². The monoisotopic (exact) mass is 208 g/mol. The molecular weight excluding hydrogens is 188 g/mol. The van der Waals surface area contributed by atoms with Gasteiger partial charge in [0.05, 0.1) is 6.07 Å². The Morgan fingerprint density at radius 1 is 1.53 bits per heavy atom. The van der Waals surface area contributed by atoms with Crippen LogP contribution in [0.4, 0.5) is 0 Å². The first-order chi connectivity index (χ1) is 6.88.